The number of nitrogens with one attached hydrogen (secondary N) is 1. The van der Waals surface area contributed by atoms with Crippen molar-refractivity contribution in [3.8, 4) is 11.5 Å². The zero-order chi connectivity index (χ0) is 15.2. The summed E-state index contributed by atoms with van der Waals surface area (Å²) in [6.07, 6.45) is 3.04. The molecule has 1 fully saturated rings. The summed E-state index contributed by atoms with van der Waals surface area (Å²) >= 11 is 6.27. The molecule has 1 atom stereocenters. The zero-order valence-corrected chi connectivity index (χ0v) is 13.3. The standard InChI is InChI=1S/C16H22ClNO3/c1-3-20-14-9-11(12(17)10-15(14)21-4-2)16(19)13-7-5-6-8-18-13/h9-10,13,18H,3-8H2,1-2H3. The maximum absolute atomic E-state index is 12.6. The second kappa shape index (κ2) is 7.66. The number of hydrogen-bond acceptors (Lipinski definition) is 4. The number of carbonyl (C=O) groups is 1. The normalized spacial score (nSPS) is 18.3. The van der Waals surface area contributed by atoms with Crippen LogP contribution in [0.2, 0.25) is 5.02 Å². The number of Topliss-reactive ketones (excluding diaryl/α,β-unsaturated/α-hetero) is 1. The fourth-order valence-electron chi connectivity index (χ4n) is 2.52. The molecule has 4 nitrogen and oxygen atoms in total. The lowest BCUT2D eigenvalue weighted by Crippen LogP contribution is -2.40. The molecule has 116 valence electrons. The van der Waals surface area contributed by atoms with Gasteiger partial charge in [0.25, 0.3) is 0 Å². The Bertz CT molecular complexity index is 499. The molecule has 1 aromatic rings. The average Bonchev–Trinajstić information content (AvgIpc) is 2.50. The van der Waals surface area contributed by atoms with E-state index in [0.717, 1.165) is 25.8 Å². The van der Waals surface area contributed by atoms with Gasteiger partial charge in [0.15, 0.2) is 17.3 Å². The van der Waals surface area contributed by atoms with Crippen LogP contribution < -0.4 is 14.8 Å². The monoisotopic (exact) mass is 311 g/mol. The zero-order valence-electron chi connectivity index (χ0n) is 12.6. The summed E-state index contributed by atoms with van der Waals surface area (Å²) in [7, 11) is 0. The molecule has 0 bridgehead atoms. The van der Waals surface area contributed by atoms with Gasteiger partial charge in [-0.3, -0.25) is 4.79 Å². The Morgan fingerprint density at radius 2 is 1.90 bits per heavy atom. The van der Waals surface area contributed by atoms with Crippen molar-refractivity contribution in [2.75, 3.05) is 19.8 Å². The summed E-state index contributed by atoms with van der Waals surface area (Å²) in [4.78, 5) is 12.6. The topological polar surface area (TPSA) is 47.6 Å². The van der Waals surface area contributed by atoms with Crippen LogP contribution in [0.3, 0.4) is 0 Å². The van der Waals surface area contributed by atoms with Crippen molar-refractivity contribution in [1.82, 2.24) is 5.32 Å². The van der Waals surface area contributed by atoms with E-state index in [1.807, 2.05) is 13.8 Å². The highest BCUT2D eigenvalue weighted by Gasteiger charge is 2.25. The first kappa shape index (κ1) is 16.1. The van der Waals surface area contributed by atoms with Gasteiger partial charge >= 0.3 is 0 Å². The molecular weight excluding hydrogens is 290 g/mol. The number of ketones is 1. The molecule has 1 saturated heterocycles. The van der Waals surface area contributed by atoms with Crippen LogP contribution in [0.4, 0.5) is 0 Å². The van der Waals surface area contributed by atoms with Crippen LogP contribution in [0.25, 0.3) is 0 Å². The van der Waals surface area contributed by atoms with Crippen LogP contribution >= 0.6 is 11.6 Å². The first-order chi connectivity index (χ1) is 10.2. The van der Waals surface area contributed by atoms with Gasteiger partial charge in [0.2, 0.25) is 0 Å². The number of carbonyl (C=O) groups excluding carboxylic acids is 1. The maximum Gasteiger partial charge on any atom is 0.181 e. The van der Waals surface area contributed by atoms with Gasteiger partial charge in [-0.15, -0.1) is 0 Å². The Morgan fingerprint density at radius 3 is 2.48 bits per heavy atom. The van der Waals surface area contributed by atoms with Gasteiger partial charge < -0.3 is 14.8 Å². The molecule has 1 N–H and O–H groups in total. The minimum Gasteiger partial charge on any atom is -0.490 e. The predicted octanol–water partition coefficient (Wildman–Crippen LogP) is 3.46. The van der Waals surface area contributed by atoms with Crippen LogP contribution in [0, 0.1) is 0 Å². The van der Waals surface area contributed by atoms with Crippen LogP contribution in [0.1, 0.15) is 43.5 Å². The first-order valence-corrected chi connectivity index (χ1v) is 7.91. The Hall–Kier alpha value is -1.26. The largest absolute Gasteiger partial charge is 0.490 e. The minimum absolute atomic E-state index is 0.0312. The number of piperidine rings is 1. The summed E-state index contributed by atoms with van der Waals surface area (Å²) in [6.45, 7) is 5.71. The summed E-state index contributed by atoms with van der Waals surface area (Å²) in [5, 5.41) is 3.67. The van der Waals surface area contributed by atoms with Crippen molar-refractivity contribution in [2.45, 2.75) is 39.2 Å². The fourth-order valence-corrected chi connectivity index (χ4v) is 2.77. The van der Waals surface area contributed by atoms with Gasteiger partial charge in [-0.25, -0.2) is 0 Å². The molecule has 0 amide bonds. The van der Waals surface area contributed by atoms with Crippen LogP contribution in [-0.2, 0) is 0 Å². The fraction of sp³-hybridized carbons (Fsp3) is 0.562. The van der Waals surface area contributed by atoms with Crippen molar-refractivity contribution in [2.24, 2.45) is 0 Å². The summed E-state index contributed by atoms with van der Waals surface area (Å²) in [5.74, 6) is 1.18. The molecule has 1 aromatic carbocycles. The van der Waals surface area contributed by atoms with Gasteiger partial charge in [0, 0.05) is 11.6 Å². The third-order valence-electron chi connectivity index (χ3n) is 3.53. The number of hydrogen-bond donors (Lipinski definition) is 1. The Balaban J connectivity index is 2.29. The summed E-state index contributed by atoms with van der Waals surface area (Å²) < 4.78 is 11.1. The highest BCUT2D eigenvalue weighted by atomic mass is 35.5. The molecule has 1 unspecified atom stereocenters. The molecule has 21 heavy (non-hydrogen) atoms. The van der Waals surface area contributed by atoms with E-state index in [1.165, 1.54) is 0 Å². The molecule has 2 rings (SSSR count). The van der Waals surface area contributed by atoms with Crippen LogP contribution in [-0.4, -0.2) is 31.6 Å². The molecule has 1 aliphatic heterocycles. The molecule has 0 aliphatic carbocycles. The lowest BCUT2D eigenvalue weighted by Gasteiger charge is -2.23. The summed E-state index contributed by atoms with van der Waals surface area (Å²) in [5.41, 5.74) is 0.503. The van der Waals surface area contributed by atoms with E-state index in [0.29, 0.717) is 35.3 Å². The lowest BCUT2D eigenvalue weighted by atomic mass is 9.96. The van der Waals surface area contributed by atoms with E-state index in [2.05, 4.69) is 5.32 Å². The van der Waals surface area contributed by atoms with E-state index in [1.54, 1.807) is 12.1 Å². The highest BCUT2D eigenvalue weighted by Crippen LogP contribution is 2.34. The SMILES string of the molecule is CCOc1cc(Cl)c(C(=O)C2CCCCN2)cc1OCC. The van der Waals surface area contributed by atoms with E-state index in [4.69, 9.17) is 21.1 Å². The lowest BCUT2D eigenvalue weighted by molar-refractivity contribution is 0.0927. The van der Waals surface area contributed by atoms with Crippen molar-refractivity contribution >= 4 is 17.4 Å². The van der Waals surface area contributed by atoms with Crippen molar-refractivity contribution in [3.63, 3.8) is 0 Å². The second-order valence-electron chi connectivity index (χ2n) is 5.01. The molecule has 0 spiro atoms. The Morgan fingerprint density at radius 1 is 1.24 bits per heavy atom. The number of rotatable bonds is 6. The maximum atomic E-state index is 12.6. The van der Waals surface area contributed by atoms with Gasteiger partial charge in [-0.1, -0.05) is 18.0 Å². The van der Waals surface area contributed by atoms with Crippen molar-refractivity contribution in [3.05, 3.63) is 22.7 Å². The van der Waals surface area contributed by atoms with Gasteiger partial charge in [0.05, 0.1) is 24.3 Å². The van der Waals surface area contributed by atoms with Gasteiger partial charge in [0.1, 0.15) is 0 Å². The number of halogens is 1. The second-order valence-corrected chi connectivity index (χ2v) is 5.42. The van der Waals surface area contributed by atoms with Gasteiger partial charge in [-0.2, -0.15) is 0 Å². The van der Waals surface area contributed by atoms with Crippen molar-refractivity contribution < 1.29 is 14.3 Å². The smallest absolute Gasteiger partial charge is 0.181 e. The highest BCUT2D eigenvalue weighted by molar-refractivity contribution is 6.34. The predicted molar refractivity (Wildman–Crippen MR) is 83.8 cm³/mol. The minimum atomic E-state index is -0.149. The molecular formula is C16H22ClNO3. The molecule has 0 aromatic heterocycles. The molecule has 1 aliphatic rings. The number of ether oxygens (including phenoxy) is 2. The van der Waals surface area contributed by atoms with E-state index in [9.17, 15) is 4.79 Å². The van der Waals surface area contributed by atoms with E-state index >= 15 is 0 Å². The molecule has 0 radical (unpaired) electrons. The Kier molecular flexibility index (Phi) is 5.88. The van der Waals surface area contributed by atoms with Crippen molar-refractivity contribution in [1.29, 1.82) is 0 Å². The van der Waals surface area contributed by atoms with E-state index < -0.39 is 0 Å². The van der Waals surface area contributed by atoms with Crippen LogP contribution in [0.5, 0.6) is 11.5 Å². The third kappa shape index (κ3) is 3.89. The quantitative estimate of drug-likeness (QED) is 0.817. The molecule has 1 heterocycles. The summed E-state index contributed by atoms with van der Waals surface area (Å²) in [6, 6.07) is 3.23. The third-order valence-corrected chi connectivity index (χ3v) is 3.84. The van der Waals surface area contributed by atoms with E-state index in [-0.39, 0.29) is 11.8 Å². The Labute approximate surface area is 130 Å². The van der Waals surface area contributed by atoms with Gasteiger partial charge in [-0.05, 0) is 39.3 Å². The molecule has 0 saturated carbocycles. The number of benzene rings is 1. The molecule has 5 heteroatoms. The first-order valence-electron chi connectivity index (χ1n) is 7.54. The average molecular weight is 312 g/mol. The van der Waals surface area contributed by atoms with Crippen LogP contribution in [0.15, 0.2) is 12.1 Å².